The van der Waals surface area contributed by atoms with Crippen LogP contribution < -0.4 is 5.32 Å². The van der Waals surface area contributed by atoms with Crippen LogP contribution in [0.2, 0.25) is 0 Å². The Morgan fingerprint density at radius 3 is 2.91 bits per heavy atom. The summed E-state index contributed by atoms with van der Waals surface area (Å²) in [7, 11) is 0. The molecular formula is C15H16IN5O2. The zero-order valence-corrected chi connectivity index (χ0v) is 14.4. The number of aliphatic hydroxyl groups excluding tert-OH is 2. The number of aromatic nitrogens is 4. The fourth-order valence-corrected chi connectivity index (χ4v) is 2.87. The molecule has 8 heteroatoms. The van der Waals surface area contributed by atoms with E-state index in [1.54, 1.807) is 10.9 Å². The molecule has 3 aromatic rings. The average molecular weight is 425 g/mol. The number of aliphatic hydroxyl groups is 2. The zero-order valence-electron chi connectivity index (χ0n) is 12.2. The van der Waals surface area contributed by atoms with E-state index >= 15 is 0 Å². The van der Waals surface area contributed by atoms with E-state index in [-0.39, 0.29) is 13.2 Å². The number of benzene rings is 1. The van der Waals surface area contributed by atoms with Gasteiger partial charge in [-0.15, -0.1) is 0 Å². The van der Waals surface area contributed by atoms with Crippen LogP contribution in [-0.2, 0) is 13.1 Å². The Morgan fingerprint density at radius 1 is 1.26 bits per heavy atom. The number of anilines is 1. The molecular weight excluding hydrogens is 409 g/mol. The molecule has 0 unspecified atom stereocenters. The first-order valence-corrected chi connectivity index (χ1v) is 8.18. The molecule has 2 heterocycles. The van der Waals surface area contributed by atoms with E-state index in [0.29, 0.717) is 23.5 Å². The van der Waals surface area contributed by atoms with Gasteiger partial charge >= 0.3 is 0 Å². The van der Waals surface area contributed by atoms with Gasteiger partial charge < -0.3 is 20.1 Å². The standard InChI is InChI=1S/C15H16IN5O2/c16-11-3-1-2-10(4-11)5-17-14-13-15(19-8-18-14)21(9-20-13)6-12(23)7-22/h1-4,8-9,12,22-23H,5-7H2,(H,17,18,19)/t12-/m1/s1. The Morgan fingerprint density at radius 2 is 2.13 bits per heavy atom. The molecule has 3 rings (SSSR count). The third kappa shape index (κ3) is 3.77. The summed E-state index contributed by atoms with van der Waals surface area (Å²) in [5.74, 6) is 0.645. The molecule has 2 aromatic heterocycles. The van der Waals surface area contributed by atoms with Crippen LogP contribution in [0.3, 0.4) is 0 Å². The first-order valence-electron chi connectivity index (χ1n) is 7.10. The maximum absolute atomic E-state index is 9.58. The summed E-state index contributed by atoms with van der Waals surface area (Å²) >= 11 is 2.28. The van der Waals surface area contributed by atoms with Crippen LogP contribution in [0.25, 0.3) is 11.2 Å². The summed E-state index contributed by atoms with van der Waals surface area (Å²) in [5, 5.41) is 21.8. The lowest BCUT2D eigenvalue weighted by atomic mass is 10.2. The molecule has 0 fully saturated rings. The van der Waals surface area contributed by atoms with Crippen molar-refractivity contribution in [3.05, 3.63) is 46.1 Å². The van der Waals surface area contributed by atoms with E-state index < -0.39 is 6.10 Å². The van der Waals surface area contributed by atoms with Crippen molar-refractivity contribution in [3.8, 4) is 0 Å². The van der Waals surface area contributed by atoms with E-state index in [2.05, 4.69) is 48.9 Å². The van der Waals surface area contributed by atoms with Crippen molar-refractivity contribution < 1.29 is 10.2 Å². The lowest BCUT2D eigenvalue weighted by Gasteiger charge is -2.09. The molecule has 0 saturated heterocycles. The number of rotatable bonds is 6. The van der Waals surface area contributed by atoms with E-state index in [4.69, 9.17) is 5.11 Å². The van der Waals surface area contributed by atoms with Gasteiger partial charge in [-0.05, 0) is 40.3 Å². The molecule has 0 aliphatic heterocycles. The maximum atomic E-state index is 9.58. The van der Waals surface area contributed by atoms with Gasteiger partial charge in [0, 0.05) is 10.1 Å². The third-order valence-corrected chi connectivity index (χ3v) is 4.04. The van der Waals surface area contributed by atoms with Gasteiger partial charge in [0.05, 0.1) is 25.6 Å². The predicted octanol–water partition coefficient (Wildman–Crippen LogP) is 1.40. The van der Waals surface area contributed by atoms with E-state index in [0.717, 1.165) is 5.56 Å². The van der Waals surface area contributed by atoms with Crippen LogP contribution in [0.5, 0.6) is 0 Å². The van der Waals surface area contributed by atoms with Gasteiger partial charge in [0.25, 0.3) is 0 Å². The SMILES string of the molecule is OC[C@H](O)Cn1cnc2c(NCc3cccc(I)c3)ncnc21. The molecule has 0 saturated carbocycles. The van der Waals surface area contributed by atoms with E-state index in [9.17, 15) is 5.11 Å². The van der Waals surface area contributed by atoms with Crippen LogP contribution in [0.1, 0.15) is 5.56 Å². The van der Waals surface area contributed by atoms with Gasteiger partial charge in [-0.1, -0.05) is 12.1 Å². The van der Waals surface area contributed by atoms with Crippen molar-refractivity contribution in [2.24, 2.45) is 0 Å². The molecule has 0 bridgehead atoms. The highest BCUT2D eigenvalue weighted by molar-refractivity contribution is 14.1. The van der Waals surface area contributed by atoms with E-state index in [1.807, 2.05) is 18.2 Å². The number of nitrogens with zero attached hydrogens (tertiary/aromatic N) is 4. The Labute approximate surface area is 146 Å². The normalized spacial score (nSPS) is 12.5. The van der Waals surface area contributed by atoms with Gasteiger partial charge in [-0.3, -0.25) is 0 Å². The van der Waals surface area contributed by atoms with Crippen LogP contribution >= 0.6 is 22.6 Å². The summed E-state index contributed by atoms with van der Waals surface area (Å²) in [6.45, 7) is 0.567. The lowest BCUT2D eigenvalue weighted by Crippen LogP contribution is -2.19. The Kier molecular flexibility index (Phi) is 5.03. The summed E-state index contributed by atoms with van der Waals surface area (Å²) in [5.41, 5.74) is 2.42. The van der Waals surface area contributed by atoms with Crippen molar-refractivity contribution >= 4 is 39.6 Å². The van der Waals surface area contributed by atoms with Gasteiger partial charge in [0.15, 0.2) is 11.5 Å². The largest absolute Gasteiger partial charge is 0.394 e. The topological polar surface area (TPSA) is 96.1 Å². The molecule has 0 radical (unpaired) electrons. The summed E-state index contributed by atoms with van der Waals surface area (Å²) < 4.78 is 2.88. The number of hydrogen-bond donors (Lipinski definition) is 3. The minimum Gasteiger partial charge on any atom is -0.394 e. The number of halogens is 1. The monoisotopic (exact) mass is 425 g/mol. The molecule has 1 aromatic carbocycles. The second-order valence-electron chi connectivity index (χ2n) is 5.11. The molecule has 0 amide bonds. The average Bonchev–Trinajstić information content (AvgIpc) is 2.96. The molecule has 0 aliphatic rings. The molecule has 7 nitrogen and oxygen atoms in total. The third-order valence-electron chi connectivity index (χ3n) is 3.37. The summed E-state index contributed by atoms with van der Waals surface area (Å²) in [4.78, 5) is 12.8. The molecule has 120 valence electrons. The second-order valence-corrected chi connectivity index (χ2v) is 6.36. The minimum absolute atomic E-state index is 0.236. The van der Waals surface area contributed by atoms with Crippen molar-refractivity contribution in [1.29, 1.82) is 0 Å². The Hall–Kier alpha value is -1.78. The lowest BCUT2D eigenvalue weighted by molar-refractivity contribution is 0.0820. The Bertz CT molecular complexity index is 807. The molecule has 1 atom stereocenters. The molecule has 0 aliphatic carbocycles. The highest BCUT2D eigenvalue weighted by Crippen LogP contribution is 2.18. The maximum Gasteiger partial charge on any atom is 0.165 e. The van der Waals surface area contributed by atoms with Gasteiger partial charge in [0.1, 0.15) is 11.8 Å². The van der Waals surface area contributed by atoms with Crippen LogP contribution in [0, 0.1) is 3.57 Å². The zero-order chi connectivity index (χ0) is 16.2. The fourth-order valence-electron chi connectivity index (χ4n) is 2.26. The number of fused-ring (bicyclic) bond motifs is 1. The first kappa shape index (κ1) is 16.1. The van der Waals surface area contributed by atoms with Crippen LogP contribution in [-0.4, -0.2) is 42.4 Å². The van der Waals surface area contributed by atoms with Crippen molar-refractivity contribution in [2.75, 3.05) is 11.9 Å². The van der Waals surface area contributed by atoms with Crippen molar-refractivity contribution in [3.63, 3.8) is 0 Å². The van der Waals surface area contributed by atoms with Crippen LogP contribution in [0.4, 0.5) is 5.82 Å². The van der Waals surface area contributed by atoms with Gasteiger partial charge in [0.2, 0.25) is 0 Å². The van der Waals surface area contributed by atoms with Gasteiger partial charge in [-0.25, -0.2) is 15.0 Å². The summed E-state index contributed by atoms with van der Waals surface area (Å²) in [6, 6.07) is 8.20. The summed E-state index contributed by atoms with van der Waals surface area (Å²) in [6.07, 6.45) is 2.21. The first-order chi connectivity index (χ1) is 11.2. The quantitative estimate of drug-likeness (QED) is 0.517. The van der Waals surface area contributed by atoms with Crippen molar-refractivity contribution in [2.45, 2.75) is 19.2 Å². The minimum atomic E-state index is -0.842. The number of nitrogens with one attached hydrogen (secondary N) is 1. The fraction of sp³-hybridized carbons (Fsp3) is 0.267. The second kappa shape index (κ2) is 7.20. The highest BCUT2D eigenvalue weighted by Gasteiger charge is 2.12. The molecule has 23 heavy (non-hydrogen) atoms. The van der Waals surface area contributed by atoms with Crippen molar-refractivity contribution in [1.82, 2.24) is 19.5 Å². The predicted molar refractivity (Wildman–Crippen MR) is 94.9 cm³/mol. The highest BCUT2D eigenvalue weighted by atomic mass is 127. The smallest absolute Gasteiger partial charge is 0.165 e. The van der Waals surface area contributed by atoms with E-state index in [1.165, 1.54) is 9.90 Å². The molecule has 3 N–H and O–H groups in total. The van der Waals surface area contributed by atoms with Crippen LogP contribution in [0.15, 0.2) is 36.9 Å². The molecule has 0 spiro atoms. The van der Waals surface area contributed by atoms with Gasteiger partial charge in [-0.2, -0.15) is 0 Å². The Balaban J connectivity index is 1.81. The number of hydrogen-bond acceptors (Lipinski definition) is 6. The number of imidazole rings is 1.